The molecule has 2 aromatic rings. The number of rotatable bonds is 4. The largest absolute Gasteiger partial charge is 0.394 e. The fourth-order valence-corrected chi connectivity index (χ4v) is 3.77. The van der Waals surface area contributed by atoms with Gasteiger partial charge in [0.25, 0.3) is 0 Å². The molecule has 2 aliphatic heterocycles. The van der Waals surface area contributed by atoms with Gasteiger partial charge in [-0.3, -0.25) is 0 Å². The van der Waals surface area contributed by atoms with Crippen molar-refractivity contribution in [1.29, 1.82) is 0 Å². The summed E-state index contributed by atoms with van der Waals surface area (Å²) in [7, 11) is 3.62. The first-order chi connectivity index (χ1) is 13.2. The third-order valence-corrected chi connectivity index (χ3v) is 4.84. The van der Waals surface area contributed by atoms with E-state index in [1.165, 1.54) is 0 Å². The van der Waals surface area contributed by atoms with E-state index in [0.29, 0.717) is 22.7 Å². The molecule has 0 bridgehead atoms. The topological polar surface area (TPSA) is 115 Å². The van der Waals surface area contributed by atoms with Crippen LogP contribution in [0, 0.1) is 0 Å². The molecule has 28 heavy (non-hydrogen) atoms. The van der Waals surface area contributed by atoms with Crippen LogP contribution in [-0.2, 0) is 14.2 Å². The lowest BCUT2D eigenvalue weighted by atomic mass is 10.1. The van der Waals surface area contributed by atoms with Crippen molar-refractivity contribution in [2.45, 2.75) is 44.2 Å². The first-order valence-electron chi connectivity index (χ1n) is 8.65. The summed E-state index contributed by atoms with van der Waals surface area (Å²) in [5.41, 5.74) is 0.827. The van der Waals surface area contributed by atoms with Gasteiger partial charge in [-0.2, -0.15) is 9.97 Å². The Kier molecular flexibility index (Phi) is 4.97. The number of ether oxygens (including phenoxy) is 3. The van der Waals surface area contributed by atoms with Crippen molar-refractivity contribution < 1.29 is 19.3 Å². The molecule has 2 aromatic heterocycles. The van der Waals surface area contributed by atoms with Crippen LogP contribution < -0.4 is 10.2 Å². The monoisotopic (exact) mass is 430 g/mol. The smallest absolute Gasteiger partial charge is 0.225 e. The Morgan fingerprint density at radius 2 is 1.68 bits per heavy atom. The Morgan fingerprint density at radius 1 is 1.04 bits per heavy atom. The number of nitrogens with one attached hydrogen (secondary N) is 1. The number of anilines is 2. The zero-order valence-electron chi connectivity index (χ0n) is 15.7. The van der Waals surface area contributed by atoms with Gasteiger partial charge in [0.2, 0.25) is 10.6 Å². The molecule has 0 spiro atoms. The fraction of sp³-hybridized carbons (Fsp3) is 0.625. The summed E-state index contributed by atoms with van der Waals surface area (Å²) in [4.78, 5) is 18.7. The zero-order valence-corrected chi connectivity index (χ0v) is 17.2. The average Bonchev–Trinajstić information content (AvgIpc) is 3.08. The van der Waals surface area contributed by atoms with Crippen molar-refractivity contribution in [3.63, 3.8) is 0 Å². The Labute approximate surface area is 171 Å². The highest BCUT2D eigenvalue weighted by Crippen LogP contribution is 2.39. The van der Waals surface area contributed by atoms with Gasteiger partial charge in [-0.05, 0) is 37.0 Å². The van der Waals surface area contributed by atoms with Crippen molar-refractivity contribution in [2.75, 3.05) is 30.9 Å². The molecule has 4 atom stereocenters. The molecule has 2 aliphatic rings. The molecule has 4 rings (SSSR count). The number of halogens is 2. The van der Waals surface area contributed by atoms with E-state index in [4.69, 9.17) is 37.4 Å². The Bertz CT molecular complexity index is 914. The maximum absolute atomic E-state index is 9.64. The zero-order chi connectivity index (χ0) is 20.2. The Hall–Kier alpha value is -1.56. The highest BCUT2D eigenvalue weighted by Gasteiger charge is 2.55. The molecule has 0 aromatic carbocycles. The van der Waals surface area contributed by atoms with Crippen LogP contribution in [0.1, 0.15) is 13.8 Å². The summed E-state index contributed by atoms with van der Waals surface area (Å²) in [6, 6.07) is 0. The van der Waals surface area contributed by atoms with Crippen LogP contribution in [0.4, 0.5) is 11.6 Å². The average molecular weight is 431 g/mol. The van der Waals surface area contributed by atoms with Gasteiger partial charge in [0.05, 0.1) is 6.61 Å². The predicted octanol–water partition coefficient (Wildman–Crippen LogP) is 1.44. The van der Waals surface area contributed by atoms with E-state index in [0.717, 1.165) is 0 Å². The van der Waals surface area contributed by atoms with E-state index in [1.807, 2.05) is 27.9 Å². The van der Waals surface area contributed by atoms with Gasteiger partial charge in [-0.1, -0.05) is 0 Å². The van der Waals surface area contributed by atoms with Crippen LogP contribution in [-0.4, -0.2) is 76.1 Å². The number of hydrogen-bond acceptors (Lipinski definition) is 10. The lowest BCUT2D eigenvalue weighted by molar-refractivity contribution is -0.187. The second-order valence-electron chi connectivity index (χ2n) is 7.24. The molecule has 2 saturated heterocycles. The van der Waals surface area contributed by atoms with E-state index in [9.17, 15) is 5.11 Å². The van der Waals surface area contributed by atoms with E-state index < -0.39 is 30.3 Å². The third kappa shape index (κ3) is 3.44. The van der Waals surface area contributed by atoms with Gasteiger partial charge in [-0.15, -0.1) is 0 Å². The van der Waals surface area contributed by atoms with E-state index >= 15 is 0 Å². The minimum Gasteiger partial charge on any atom is -0.394 e. The third-order valence-electron chi connectivity index (χ3n) is 4.50. The molecule has 12 heteroatoms. The normalized spacial score (nSPS) is 28.5. The highest BCUT2D eigenvalue weighted by atomic mass is 35.5. The van der Waals surface area contributed by atoms with E-state index in [2.05, 4.69) is 25.3 Å². The van der Waals surface area contributed by atoms with Gasteiger partial charge in [0.1, 0.15) is 29.3 Å². The Balaban J connectivity index is 1.74. The summed E-state index contributed by atoms with van der Waals surface area (Å²) < 4.78 is 17.7. The Morgan fingerprint density at radius 3 is 2.36 bits per heavy atom. The molecular weight excluding hydrogens is 411 g/mol. The molecule has 152 valence electrons. The summed E-state index contributed by atoms with van der Waals surface area (Å²) in [5, 5.41) is 12.8. The molecule has 0 amide bonds. The van der Waals surface area contributed by atoms with E-state index in [1.54, 1.807) is 4.90 Å². The summed E-state index contributed by atoms with van der Waals surface area (Å²) >= 11 is 12.2. The van der Waals surface area contributed by atoms with Gasteiger partial charge in [0, 0.05) is 14.1 Å². The summed E-state index contributed by atoms with van der Waals surface area (Å²) in [5.74, 6) is 0.0296. The number of aliphatic hydroxyl groups excluding tert-OH is 1. The predicted molar refractivity (Wildman–Crippen MR) is 103 cm³/mol. The summed E-state index contributed by atoms with van der Waals surface area (Å²) in [6.07, 6.45) is -2.06. The number of nitrogens with zero attached hydrogens (tertiary/aromatic N) is 5. The molecule has 0 saturated carbocycles. The van der Waals surface area contributed by atoms with Crippen LogP contribution in [0.25, 0.3) is 11.0 Å². The number of aromatic nitrogens is 4. The van der Waals surface area contributed by atoms with Gasteiger partial charge in [-0.25, -0.2) is 9.97 Å². The minimum absolute atomic E-state index is 0.0150. The summed E-state index contributed by atoms with van der Waals surface area (Å²) in [6.45, 7) is 3.41. The molecule has 2 N–H and O–H groups in total. The second kappa shape index (κ2) is 7.05. The molecule has 10 nitrogen and oxygen atoms in total. The van der Waals surface area contributed by atoms with Gasteiger partial charge >= 0.3 is 0 Å². The van der Waals surface area contributed by atoms with Crippen LogP contribution in [0.15, 0.2) is 0 Å². The van der Waals surface area contributed by atoms with Crippen molar-refractivity contribution in [3.8, 4) is 0 Å². The lowest BCUT2D eigenvalue weighted by Gasteiger charge is -2.24. The molecule has 0 radical (unpaired) electrons. The molecule has 4 heterocycles. The van der Waals surface area contributed by atoms with Crippen LogP contribution in [0.2, 0.25) is 10.6 Å². The number of aliphatic hydroxyl groups is 1. The molecule has 0 aliphatic carbocycles. The molecular formula is C16H20Cl2N6O4. The second-order valence-corrected chi connectivity index (χ2v) is 7.91. The first kappa shape index (κ1) is 19.7. The highest BCUT2D eigenvalue weighted by molar-refractivity contribution is 6.30. The van der Waals surface area contributed by atoms with Gasteiger partial charge < -0.3 is 29.5 Å². The fourth-order valence-electron chi connectivity index (χ4n) is 3.44. The maximum atomic E-state index is 9.64. The van der Waals surface area contributed by atoms with Crippen molar-refractivity contribution in [2.24, 2.45) is 0 Å². The maximum Gasteiger partial charge on any atom is 0.225 e. The molecule has 2 fully saturated rings. The van der Waals surface area contributed by atoms with Crippen molar-refractivity contribution in [1.82, 2.24) is 19.9 Å². The van der Waals surface area contributed by atoms with Crippen LogP contribution >= 0.6 is 23.2 Å². The number of fused-ring (bicyclic) bond motifs is 2. The molecule has 0 unspecified atom stereocenters. The van der Waals surface area contributed by atoms with Crippen LogP contribution in [0.5, 0.6) is 0 Å². The number of hydrogen-bond donors (Lipinski definition) is 2. The minimum atomic E-state index is -0.790. The van der Waals surface area contributed by atoms with Crippen LogP contribution in [0.3, 0.4) is 0 Å². The van der Waals surface area contributed by atoms with Crippen molar-refractivity contribution in [3.05, 3.63) is 10.6 Å². The lowest BCUT2D eigenvalue weighted by Crippen LogP contribution is -2.35. The SMILES string of the molecule is CN(C)c1nc(Cl)nc2c(N[C@@H]3O[C@H](CO)[C@H]4OC(C)(C)O[C@H]43)nc(Cl)nc12. The van der Waals surface area contributed by atoms with E-state index in [-0.39, 0.29) is 17.2 Å². The standard InChI is InChI=1S/C16H20Cl2N6O4/c1-16(2)27-9-6(5-25)26-13(10(9)28-16)21-11-7-8(20-14(17)22-11)12(24(3)4)23-15(18)19-7/h6,9-10,13,25H,5H2,1-4H3,(H,20,21,22)/t6-,9-,10-,13-/m1/s1. The quantitative estimate of drug-likeness (QED) is 0.690. The van der Waals surface area contributed by atoms with Crippen molar-refractivity contribution >= 4 is 45.9 Å². The first-order valence-corrected chi connectivity index (χ1v) is 9.40. The van der Waals surface area contributed by atoms with Gasteiger partial charge in [0.15, 0.2) is 23.7 Å².